The van der Waals surface area contributed by atoms with Gasteiger partial charge in [0.25, 0.3) is 0 Å². The zero-order valence-corrected chi connectivity index (χ0v) is 11.7. The molecule has 3 rings (SSSR count). The van der Waals surface area contributed by atoms with E-state index in [2.05, 4.69) is 9.80 Å². The predicted octanol–water partition coefficient (Wildman–Crippen LogP) is 1.67. The summed E-state index contributed by atoms with van der Waals surface area (Å²) in [4.78, 5) is 5.46. The summed E-state index contributed by atoms with van der Waals surface area (Å²) in [7, 11) is 0. The Morgan fingerprint density at radius 1 is 0.944 bits per heavy atom. The minimum atomic E-state index is 0.688. The van der Waals surface area contributed by atoms with Crippen molar-refractivity contribution < 1.29 is 0 Å². The Hall–Kier alpha value is -0.120. The van der Waals surface area contributed by atoms with Crippen molar-refractivity contribution in [2.75, 3.05) is 32.7 Å². The molecule has 3 nitrogen and oxygen atoms in total. The Morgan fingerprint density at radius 2 is 1.72 bits per heavy atom. The normalized spacial score (nSPS) is 33.5. The van der Waals surface area contributed by atoms with Crippen molar-refractivity contribution in [2.45, 2.75) is 57.0 Å². The molecule has 0 radical (unpaired) electrons. The number of rotatable bonds is 4. The zero-order valence-electron chi connectivity index (χ0n) is 11.7. The maximum Gasteiger partial charge on any atom is 0.0247 e. The van der Waals surface area contributed by atoms with Gasteiger partial charge in [-0.3, -0.25) is 9.80 Å². The number of nitrogens with zero attached hydrogens (tertiary/aromatic N) is 2. The Morgan fingerprint density at radius 3 is 2.33 bits per heavy atom. The third-order valence-electron chi connectivity index (χ3n) is 5.51. The fourth-order valence-electron chi connectivity index (χ4n) is 4.12. The quantitative estimate of drug-likeness (QED) is 0.825. The lowest BCUT2D eigenvalue weighted by Gasteiger charge is -2.39. The van der Waals surface area contributed by atoms with Crippen LogP contribution in [0.1, 0.15) is 44.9 Å². The van der Waals surface area contributed by atoms with Crippen molar-refractivity contribution in [3.63, 3.8) is 0 Å². The predicted molar refractivity (Wildman–Crippen MR) is 75.6 cm³/mol. The Balaban J connectivity index is 1.53. The molecule has 1 aliphatic carbocycles. The highest BCUT2D eigenvalue weighted by Gasteiger charge is 2.36. The summed E-state index contributed by atoms with van der Waals surface area (Å²) in [6.45, 7) is 6.14. The molecule has 104 valence electrons. The summed E-state index contributed by atoms with van der Waals surface area (Å²) >= 11 is 0. The van der Waals surface area contributed by atoms with Gasteiger partial charge in [-0.2, -0.15) is 0 Å². The van der Waals surface area contributed by atoms with E-state index in [0.717, 1.165) is 18.5 Å². The van der Waals surface area contributed by atoms with Crippen LogP contribution in [0.5, 0.6) is 0 Å². The fourth-order valence-corrected chi connectivity index (χ4v) is 4.12. The van der Waals surface area contributed by atoms with Crippen LogP contribution in [0.25, 0.3) is 0 Å². The average molecular weight is 251 g/mol. The highest BCUT2D eigenvalue weighted by molar-refractivity contribution is 4.92. The summed E-state index contributed by atoms with van der Waals surface area (Å²) in [5.41, 5.74) is 6.03. The molecule has 0 bridgehead atoms. The highest BCUT2D eigenvalue weighted by atomic mass is 15.3. The first kappa shape index (κ1) is 12.9. The highest BCUT2D eigenvalue weighted by Crippen LogP contribution is 2.34. The molecule has 2 atom stereocenters. The van der Waals surface area contributed by atoms with Crippen molar-refractivity contribution in [1.29, 1.82) is 0 Å². The van der Waals surface area contributed by atoms with Gasteiger partial charge in [0.1, 0.15) is 0 Å². The van der Waals surface area contributed by atoms with Crippen LogP contribution in [-0.4, -0.2) is 54.6 Å². The van der Waals surface area contributed by atoms with Crippen molar-refractivity contribution in [3.05, 3.63) is 0 Å². The number of likely N-dealkylation sites (tertiary alicyclic amines) is 2. The van der Waals surface area contributed by atoms with E-state index >= 15 is 0 Å². The molecule has 2 aliphatic heterocycles. The van der Waals surface area contributed by atoms with Gasteiger partial charge in [-0.15, -0.1) is 0 Å². The lowest BCUT2D eigenvalue weighted by Crippen LogP contribution is -2.48. The molecule has 0 aromatic carbocycles. The molecule has 0 spiro atoms. The van der Waals surface area contributed by atoms with Crippen LogP contribution in [-0.2, 0) is 0 Å². The van der Waals surface area contributed by atoms with E-state index in [1.165, 1.54) is 71.1 Å². The molecule has 3 aliphatic rings. The van der Waals surface area contributed by atoms with Gasteiger partial charge in [-0.25, -0.2) is 0 Å². The second-order valence-corrected chi connectivity index (χ2v) is 6.53. The third kappa shape index (κ3) is 2.59. The van der Waals surface area contributed by atoms with E-state index in [9.17, 15) is 0 Å². The molecular formula is C15H29N3. The molecule has 3 fully saturated rings. The summed E-state index contributed by atoms with van der Waals surface area (Å²) in [5, 5.41) is 0. The fraction of sp³-hybridized carbons (Fsp3) is 1.00. The first-order chi connectivity index (χ1) is 8.88. The molecule has 2 saturated heterocycles. The van der Waals surface area contributed by atoms with Gasteiger partial charge in [0.15, 0.2) is 0 Å². The topological polar surface area (TPSA) is 32.5 Å². The third-order valence-corrected chi connectivity index (χ3v) is 5.51. The Labute approximate surface area is 112 Å². The van der Waals surface area contributed by atoms with Crippen LogP contribution in [0.3, 0.4) is 0 Å². The lowest BCUT2D eigenvalue weighted by atomic mass is 9.79. The number of nitrogens with two attached hydrogens (primary N) is 1. The molecule has 2 N–H and O–H groups in total. The van der Waals surface area contributed by atoms with Gasteiger partial charge in [0.05, 0.1) is 0 Å². The zero-order chi connectivity index (χ0) is 12.4. The van der Waals surface area contributed by atoms with Gasteiger partial charge in [0.2, 0.25) is 0 Å². The van der Waals surface area contributed by atoms with Crippen molar-refractivity contribution in [2.24, 2.45) is 11.7 Å². The van der Waals surface area contributed by atoms with Crippen LogP contribution < -0.4 is 5.73 Å². The van der Waals surface area contributed by atoms with Gasteiger partial charge < -0.3 is 5.73 Å². The van der Waals surface area contributed by atoms with E-state index < -0.39 is 0 Å². The van der Waals surface area contributed by atoms with Gasteiger partial charge >= 0.3 is 0 Å². The minimum Gasteiger partial charge on any atom is -0.329 e. The molecule has 18 heavy (non-hydrogen) atoms. The first-order valence-electron chi connectivity index (χ1n) is 8.06. The molecule has 0 aromatic heterocycles. The van der Waals surface area contributed by atoms with Crippen molar-refractivity contribution in [3.8, 4) is 0 Å². The van der Waals surface area contributed by atoms with Gasteiger partial charge in [0, 0.05) is 31.7 Å². The van der Waals surface area contributed by atoms with Crippen LogP contribution in [0.15, 0.2) is 0 Å². The number of hydrogen-bond acceptors (Lipinski definition) is 3. The molecule has 0 aromatic rings. The molecule has 1 saturated carbocycles. The summed E-state index contributed by atoms with van der Waals surface area (Å²) < 4.78 is 0. The molecular weight excluding hydrogens is 222 g/mol. The van der Waals surface area contributed by atoms with Crippen molar-refractivity contribution >= 4 is 0 Å². The van der Waals surface area contributed by atoms with Crippen LogP contribution in [0.4, 0.5) is 0 Å². The van der Waals surface area contributed by atoms with Gasteiger partial charge in [-0.05, 0) is 51.1 Å². The monoisotopic (exact) mass is 251 g/mol. The maximum atomic E-state index is 6.03. The van der Waals surface area contributed by atoms with E-state index in [1.807, 2.05) is 0 Å². The largest absolute Gasteiger partial charge is 0.329 e. The number of piperidine rings is 1. The van der Waals surface area contributed by atoms with E-state index in [-0.39, 0.29) is 0 Å². The number of hydrogen-bond donors (Lipinski definition) is 1. The molecule has 0 amide bonds. The maximum absolute atomic E-state index is 6.03. The van der Waals surface area contributed by atoms with Crippen LogP contribution in [0.2, 0.25) is 0 Å². The van der Waals surface area contributed by atoms with Crippen molar-refractivity contribution in [1.82, 2.24) is 9.80 Å². The standard InChI is InChI=1S/C15H29N3/c16-11-15(13-5-4-6-13)18-10-7-14(12-18)17-8-2-1-3-9-17/h13-15H,1-12,16H2. The molecule has 2 heterocycles. The molecule has 3 heteroatoms. The smallest absolute Gasteiger partial charge is 0.0247 e. The summed E-state index contributed by atoms with van der Waals surface area (Å²) in [6, 6.07) is 1.52. The van der Waals surface area contributed by atoms with Crippen LogP contribution in [0, 0.1) is 5.92 Å². The SMILES string of the molecule is NCC(C1CCC1)N1CCC(N2CCCCC2)C1. The summed E-state index contributed by atoms with van der Waals surface area (Å²) in [6.07, 6.45) is 9.94. The van der Waals surface area contributed by atoms with Crippen LogP contribution >= 0.6 is 0 Å². The second-order valence-electron chi connectivity index (χ2n) is 6.53. The minimum absolute atomic E-state index is 0.688. The first-order valence-corrected chi connectivity index (χ1v) is 8.06. The summed E-state index contributed by atoms with van der Waals surface area (Å²) in [5.74, 6) is 0.912. The Kier molecular flexibility index (Phi) is 4.22. The van der Waals surface area contributed by atoms with Gasteiger partial charge in [-0.1, -0.05) is 12.8 Å². The second kappa shape index (κ2) is 5.89. The lowest BCUT2D eigenvalue weighted by molar-refractivity contribution is 0.105. The van der Waals surface area contributed by atoms with E-state index in [0.29, 0.717) is 6.04 Å². The average Bonchev–Trinajstić information content (AvgIpc) is 2.84. The Bertz CT molecular complexity index is 258. The molecule has 2 unspecified atom stereocenters. The van der Waals surface area contributed by atoms with E-state index in [4.69, 9.17) is 5.73 Å². The van der Waals surface area contributed by atoms with E-state index in [1.54, 1.807) is 0 Å².